The number of aliphatic carboxylic acids is 1. The molecule has 1 amide bonds. The lowest BCUT2D eigenvalue weighted by Crippen LogP contribution is -2.16. The summed E-state index contributed by atoms with van der Waals surface area (Å²) >= 11 is 0. The first-order valence-electron chi connectivity index (χ1n) is 4.35. The second kappa shape index (κ2) is 3.53. The van der Waals surface area contributed by atoms with Crippen LogP contribution in [-0.4, -0.2) is 29.2 Å². The molecule has 15 heavy (non-hydrogen) atoms. The number of rotatable bonds is 2. The number of carbonyl (C=O) groups is 2. The summed E-state index contributed by atoms with van der Waals surface area (Å²) in [4.78, 5) is 25.5. The average molecular weight is 204 g/mol. The molecule has 5 heteroatoms. The lowest BCUT2D eigenvalue weighted by atomic mass is 10.1. The maximum Gasteiger partial charge on any atom is 0.325 e. The van der Waals surface area contributed by atoms with Crippen LogP contribution in [0.2, 0.25) is 0 Å². The molecule has 1 aromatic carbocycles. The Morgan fingerprint density at radius 3 is 2.87 bits per heavy atom. The highest BCUT2D eigenvalue weighted by molar-refractivity contribution is 6.53. The van der Waals surface area contributed by atoms with Crippen molar-refractivity contribution in [1.82, 2.24) is 0 Å². The van der Waals surface area contributed by atoms with E-state index in [2.05, 4.69) is 10.3 Å². The molecule has 5 nitrogen and oxygen atoms in total. The standard InChI is InChI=1S/C10H8N2O3/c13-8(14)5-11-9-6-3-1-2-4-7(6)12-10(9)15/h1-4H,5H2,(H,13,14)(H,11,12,15). The van der Waals surface area contributed by atoms with Crippen molar-refractivity contribution < 1.29 is 14.7 Å². The Labute approximate surface area is 85.4 Å². The first-order valence-corrected chi connectivity index (χ1v) is 4.35. The molecule has 0 bridgehead atoms. The van der Waals surface area contributed by atoms with Crippen molar-refractivity contribution in [2.75, 3.05) is 11.9 Å². The third-order valence-electron chi connectivity index (χ3n) is 2.02. The van der Waals surface area contributed by atoms with Crippen LogP contribution < -0.4 is 5.32 Å². The number of carboxylic acids is 1. The molecule has 76 valence electrons. The van der Waals surface area contributed by atoms with E-state index >= 15 is 0 Å². The molecule has 0 spiro atoms. The average Bonchev–Trinajstić information content (AvgIpc) is 2.50. The number of aliphatic imine (C=N–C) groups is 1. The van der Waals surface area contributed by atoms with Gasteiger partial charge in [-0.15, -0.1) is 0 Å². The minimum Gasteiger partial charge on any atom is -0.480 e. The van der Waals surface area contributed by atoms with E-state index in [-0.39, 0.29) is 11.6 Å². The number of nitrogens with one attached hydrogen (secondary N) is 1. The highest BCUT2D eigenvalue weighted by Gasteiger charge is 2.24. The number of benzene rings is 1. The number of carbonyl (C=O) groups excluding carboxylic acids is 1. The van der Waals surface area contributed by atoms with Gasteiger partial charge in [-0.1, -0.05) is 18.2 Å². The quantitative estimate of drug-likeness (QED) is 0.736. The zero-order valence-electron chi connectivity index (χ0n) is 7.73. The molecule has 0 aromatic heterocycles. The van der Waals surface area contributed by atoms with E-state index in [1.54, 1.807) is 24.3 Å². The smallest absolute Gasteiger partial charge is 0.325 e. The van der Waals surface area contributed by atoms with E-state index in [4.69, 9.17) is 5.11 Å². The second-order valence-corrected chi connectivity index (χ2v) is 3.06. The van der Waals surface area contributed by atoms with Crippen molar-refractivity contribution in [1.29, 1.82) is 0 Å². The highest BCUT2D eigenvalue weighted by Crippen LogP contribution is 2.22. The third-order valence-corrected chi connectivity index (χ3v) is 2.02. The van der Waals surface area contributed by atoms with Crippen LogP contribution in [0.3, 0.4) is 0 Å². The van der Waals surface area contributed by atoms with Gasteiger partial charge in [-0.05, 0) is 6.07 Å². The number of nitrogens with zero attached hydrogens (tertiary/aromatic N) is 1. The van der Waals surface area contributed by atoms with Gasteiger partial charge in [0.2, 0.25) is 0 Å². The third kappa shape index (κ3) is 1.71. The van der Waals surface area contributed by atoms with Gasteiger partial charge in [0.1, 0.15) is 12.3 Å². The van der Waals surface area contributed by atoms with E-state index in [0.29, 0.717) is 11.3 Å². The van der Waals surface area contributed by atoms with Crippen LogP contribution in [0.4, 0.5) is 5.69 Å². The van der Waals surface area contributed by atoms with E-state index in [1.165, 1.54) is 0 Å². The summed E-state index contributed by atoms with van der Waals surface area (Å²) < 4.78 is 0. The predicted molar refractivity (Wildman–Crippen MR) is 54.1 cm³/mol. The largest absolute Gasteiger partial charge is 0.480 e. The molecule has 0 radical (unpaired) electrons. The Morgan fingerprint density at radius 1 is 1.40 bits per heavy atom. The summed E-state index contributed by atoms with van der Waals surface area (Å²) in [7, 11) is 0. The predicted octanol–water partition coefficient (Wildman–Crippen LogP) is 0.512. The van der Waals surface area contributed by atoms with E-state index < -0.39 is 12.5 Å². The van der Waals surface area contributed by atoms with Crippen molar-refractivity contribution >= 4 is 23.3 Å². The fourth-order valence-electron chi connectivity index (χ4n) is 1.41. The molecular formula is C10H8N2O3. The van der Waals surface area contributed by atoms with Gasteiger partial charge in [-0.25, -0.2) is 0 Å². The highest BCUT2D eigenvalue weighted by atomic mass is 16.4. The number of carboxylic acid groups (broad SMARTS) is 1. The van der Waals surface area contributed by atoms with Crippen LogP contribution in [0.25, 0.3) is 0 Å². The summed E-state index contributed by atoms with van der Waals surface area (Å²) in [5.74, 6) is -1.41. The van der Waals surface area contributed by atoms with E-state index in [1.807, 2.05) is 0 Å². The van der Waals surface area contributed by atoms with E-state index in [0.717, 1.165) is 0 Å². The number of hydrogen-bond donors (Lipinski definition) is 2. The number of fused-ring (bicyclic) bond motifs is 1. The molecule has 0 unspecified atom stereocenters. The minimum absolute atomic E-state index is 0.188. The topological polar surface area (TPSA) is 78.8 Å². The maximum atomic E-state index is 11.4. The lowest BCUT2D eigenvalue weighted by Gasteiger charge is -1.94. The molecular weight excluding hydrogens is 196 g/mol. The summed E-state index contributed by atoms with van der Waals surface area (Å²) in [6.07, 6.45) is 0. The van der Waals surface area contributed by atoms with Gasteiger partial charge in [-0.3, -0.25) is 14.6 Å². The Bertz CT molecular complexity index is 465. The summed E-state index contributed by atoms with van der Waals surface area (Å²) in [5.41, 5.74) is 1.52. The van der Waals surface area contributed by atoms with Crippen molar-refractivity contribution in [2.45, 2.75) is 0 Å². The lowest BCUT2D eigenvalue weighted by molar-refractivity contribution is -0.135. The minimum atomic E-state index is -1.06. The number of para-hydroxylation sites is 1. The van der Waals surface area contributed by atoms with Crippen molar-refractivity contribution in [3.05, 3.63) is 29.8 Å². The molecule has 1 aliphatic rings. The van der Waals surface area contributed by atoms with Gasteiger partial charge in [-0.2, -0.15) is 0 Å². The van der Waals surface area contributed by atoms with Crippen LogP contribution in [0.5, 0.6) is 0 Å². The van der Waals surface area contributed by atoms with Crippen LogP contribution in [0.15, 0.2) is 29.3 Å². The van der Waals surface area contributed by atoms with Gasteiger partial charge in [0, 0.05) is 5.56 Å². The van der Waals surface area contributed by atoms with Crippen LogP contribution in [0, 0.1) is 0 Å². The van der Waals surface area contributed by atoms with Crippen molar-refractivity contribution in [2.24, 2.45) is 4.99 Å². The molecule has 0 fully saturated rings. The van der Waals surface area contributed by atoms with Crippen LogP contribution >= 0.6 is 0 Å². The Morgan fingerprint density at radius 2 is 2.13 bits per heavy atom. The number of hydrogen-bond acceptors (Lipinski definition) is 3. The molecule has 0 atom stereocenters. The van der Waals surface area contributed by atoms with Gasteiger partial charge < -0.3 is 10.4 Å². The molecule has 2 N–H and O–H groups in total. The fraction of sp³-hybridized carbons (Fsp3) is 0.100. The van der Waals surface area contributed by atoms with Crippen LogP contribution in [-0.2, 0) is 9.59 Å². The monoisotopic (exact) mass is 204 g/mol. The number of anilines is 1. The Kier molecular flexibility index (Phi) is 2.21. The Balaban J connectivity index is 2.37. The van der Waals surface area contributed by atoms with Crippen molar-refractivity contribution in [3.8, 4) is 0 Å². The van der Waals surface area contributed by atoms with Gasteiger partial charge in [0.05, 0.1) is 5.69 Å². The fourth-order valence-corrected chi connectivity index (χ4v) is 1.41. The molecule has 2 rings (SSSR count). The first-order chi connectivity index (χ1) is 7.18. The Hall–Kier alpha value is -2.17. The molecule has 1 heterocycles. The molecule has 0 saturated carbocycles. The van der Waals surface area contributed by atoms with Gasteiger partial charge in [0.15, 0.2) is 0 Å². The summed E-state index contributed by atoms with van der Waals surface area (Å²) in [6.45, 7) is -0.392. The normalized spacial score (nSPS) is 16.3. The molecule has 0 aliphatic carbocycles. The summed E-state index contributed by atoms with van der Waals surface area (Å²) in [6, 6.07) is 7.04. The zero-order chi connectivity index (χ0) is 10.8. The molecule has 1 aromatic rings. The van der Waals surface area contributed by atoms with Gasteiger partial charge in [0.25, 0.3) is 5.91 Å². The van der Waals surface area contributed by atoms with E-state index in [9.17, 15) is 9.59 Å². The summed E-state index contributed by atoms with van der Waals surface area (Å²) in [5, 5.41) is 11.1. The number of amides is 1. The van der Waals surface area contributed by atoms with Crippen LogP contribution in [0.1, 0.15) is 5.56 Å². The van der Waals surface area contributed by atoms with Crippen molar-refractivity contribution in [3.63, 3.8) is 0 Å². The first kappa shape index (κ1) is 9.39. The second-order valence-electron chi connectivity index (χ2n) is 3.06. The maximum absolute atomic E-state index is 11.4. The zero-order valence-corrected chi connectivity index (χ0v) is 7.73. The van der Waals surface area contributed by atoms with Gasteiger partial charge >= 0.3 is 5.97 Å². The molecule has 1 aliphatic heterocycles. The SMILES string of the molecule is O=C(O)CN=C1C(=O)Nc2ccccc21. The molecule has 0 saturated heterocycles.